The van der Waals surface area contributed by atoms with Gasteiger partial charge in [0.05, 0.1) is 11.3 Å². The lowest BCUT2D eigenvalue weighted by molar-refractivity contribution is -0.144. The molecule has 0 aliphatic heterocycles. The Morgan fingerprint density at radius 2 is 1.54 bits per heavy atom. The lowest BCUT2D eigenvalue weighted by Gasteiger charge is -2.13. The van der Waals surface area contributed by atoms with E-state index in [-0.39, 0.29) is 16.8 Å². The van der Waals surface area contributed by atoms with Crippen molar-refractivity contribution in [2.24, 2.45) is 0 Å². The topological polar surface area (TPSA) is 43.1 Å². The molecule has 0 aliphatic rings. The molecule has 0 spiro atoms. The highest BCUT2D eigenvalue weighted by molar-refractivity contribution is 5.79. The Morgan fingerprint density at radius 3 is 2.17 bits per heavy atom. The number of rotatable bonds is 1. The molecule has 3 aromatic rings. The summed E-state index contributed by atoms with van der Waals surface area (Å²) in [5.41, 5.74) is -1.59. The molecule has 24 heavy (non-hydrogen) atoms. The summed E-state index contributed by atoms with van der Waals surface area (Å²) < 4.78 is 78.5. The minimum atomic E-state index is -4.83. The summed E-state index contributed by atoms with van der Waals surface area (Å²) in [5, 5.41) is 6.96. The summed E-state index contributed by atoms with van der Waals surface area (Å²) in [6.45, 7) is 1.44. The van der Waals surface area contributed by atoms with Crippen LogP contribution in [0, 0.1) is 6.92 Å². The van der Waals surface area contributed by atoms with Crippen molar-refractivity contribution in [2.45, 2.75) is 19.3 Å². The van der Waals surface area contributed by atoms with E-state index in [1.165, 1.54) is 31.2 Å². The van der Waals surface area contributed by atoms with E-state index in [2.05, 4.69) is 15.2 Å². The number of benzene rings is 1. The van der Waals surface area contributed by atoms with Crippen LogP contribution in [0.5, 0.6) is 0 Å². The summed E-state index contributed by atoms with van der Waals surface area (Å²) in [6, 6.07) is 5.82. The zero-order chi connectivity index (χ0) is 17.7. The summed E-state index contributed by atoms with van der Waals surface area (Å²) in [7, 11) is 0. The van der Waals surface area contributed by atoms with Crippen LogP contribution in [0.4, 0.5) is 26.3 Å². The van der Waals surface area contributed by atoms with Crippen molar-refractivity contribution in [1.82, 2.24) is 19.8 Å². The minimum Gasteiger partial charge on any atom is -0.201 e. The molecule has 0 atom stereocenters. The van der Waals surface area contributed by atoms with E-state index in [1.807, 2.05) is 0 Å². The molecule has 0 saturated carbocycles. The van der Waals surface area contributed by atoms with Gasteiger partial charge in [-0.2, -0.15) is 31.4 Å². The van der Waals surface area contributed by atoms with Gasteiger partial charge >= 0.3 is 12.4 Å². The first-order chi connectivity index (χ1) is 11.1. The number of aromatic nitrogens is 4. The summed E-state index contributed by atoms with van der Waals surface area (Å²) in [5.74, 6) is -1.47. The quantitative estimate of drug-likeness (QED) is 0.622. The number of nitrogens with zero attached hydrogens (tertiary/aromatic N) is 4. The van der Waals surface area contributed by atoms with E-state index in [0.717, 1.165) is 6.07 Å². The predicted octanol–water partition coefficient (Wildman–Crippen LogP) is 4.14. The number of halogens is 6. The Kier molecular flexibility index (Phi) is 3.50. The van der Waals surface area contributed by atoms with Crippen molar-refractivity contribution in [3.63, 3.8) is 0 Å². The van der Waals surface area contributed by atoms with Crippen LogP contribution in [-0.2, 0) is 12.4 Å². The van der Waals surface area contributed by atoms with Gasteiger partial charge in [0.25, 0.3) is 5.82 Å². The highest BCUT2D eigenvalue weighted by atomic mass is 19.4. The largest absolute Gasteiger partial charge is 0.453 e. The van der Waals surface area contributed by atoms with E-state index < -0.39 is 29.4 Å². The lowest BCUT2D eigenvalue weighted by Crippen LogP contribution is -2.08. The van der Waals surface area contributed by atoms with Crippen LogP contribution >= 0.6 is 0 Å². The van der Waals surface area contributed by atoms with Crippen molar-refractivity contribution in [3.05, 3.63) is 47.4 Å². The van der Waals surface area contributed by atoms with E-state index in [9.17, 15) is 26.3 Å². The van der Waals surface area contributed by atoms with E-state index >= 15 is 0 Å². The van der Waals surface area contributed by atoms with Crippen LogP contribution in [0.1, 0.15) is 17.1 Å². The number of alkyl halides is 6. The molecular weight excluding hydrogens is 338 g/mol. The second-order valence-electron chi connectivity index (χ2n) is 4.99. The van der Waals surface area contributed by atoms with Crippen molar-refractivity contribution in [2.75, 3.05) is 0 Å². The first-order valence-electron chi connectivity index (χ1n) is 6.56. The average molecular weight is 346 g/mol. The van der Waals surface area contributed by atoms with Crippen LogP contribution in [-0.4, -0.2) is 19.8 Å². The van der Waals surface area contributed by atoms with Crippen molar-refractivity contribution in [3.8, 4) is 11.1 Å². The fraction of sp³-hybridized carbons (Fsp3) is 0.214. The second kappa shape index (κ2) is 5.18. The van der Waals surface area contributed by atoms with Gasteiger partial charge in [-0.25, -0.2) is 4.98 Å². The number of fused-ring (bicyclic) bond motifs is 1. The second-order valence-corrected chi connectivity index (χ2v) is 4.99. The van der Waals surface area contributed by atoms with Gasteiger partial charge in [-0.15, -0.1) is 9.73 Å². The van der Waals surface area contributed by atoms with Crippen molar-refractivity contribution >= 4 is 5.65 Å². The zero-order valence-electron chi connectivity index (χ0n) is 11.9. The maximum Gasteiger partial charge on any atom is 0.453 e. The molecular formula is C14H8F6N4. The molecule has 0 aliphatic carbocycles. The smallest absolute Gasteiger partial charge is 0.201 e. The van der Waals surface area contributed by atoms with E-state index in [4.69, 9.17) is 0 Å². The van der Waals surface area contributed by atoms with Gasteiger partial charge in [0.1, 0.15) is 0 Å². The fourth-order valence-corrected chi connectivity index (χ4v) is 2.28. The van der Waals surface area contributed by atoms with E-state index in [1.54, 1.807) is 0 Å². The molecule has 10 heteroatoms. The average Bonchev–Trinajstić information content (AvgIpc) is 2.89. The molecule has 0 saturated heterocycles. The van der Waals surface area contributed by atoms with Gasteiger partial charge < -0.3 is 0 Å². The van der Waals surface area contributed by atoms with Crippen LogP contribution in [0.15, 0.2) is 30.3 Å². The molecule has 0 bridgehead atoms. The number of hydrogen-bond acceptors (Lipinski definition) is 3. The van der Waals surface area contributed by atoms with Crippen LogP contribution in [0.3, 0.4) is 0 Å². The molecule has 0 N–H and O–H groups in total. The number of hydrogen-bond donors (Lipinski definition) is 0. The van der Waals surface area contributed by atoms with E-state index in [0.29, 0.717) is 4.63 Å². The Hall–Kier alpha value is -2.65. The van der Waals surface area contributed by atoms with Gasteiger partial charge in [-0.1, -0.05) is 18.2 Å². The summed E-state index contributed by atoms with van der Waals surface area (Å²) >= 11 is 0. The normalized spacial score (nSPS) is 12.8. The molecule has 1 aromatic carbocycles. The zero-order valence-corrected chi connectivity index (χ0v) is 11.9. The maximum absolute atomic E-state index is 13.2. The fourth-order valence-electron chi connectivity index (χ4n) is 2.28. The van der Waals surface area contributed by atoms with Gasteiger partial charge in [-0.05, 0) is 24.6 Å². The van der Waals surface area contributed by atoms with Crippen molar-refractivity contribution in [1.29, 1.82) is 0 Å². The Bertz CT molecular complexity index is 910. The third kappa shape index (κ3) is 2.79. The van der Waals surface area contributed by atoms with Crippen LogP contribution in [0.2, 0.25) is 0 Å². The molecule has 4 nitrogen and oxygen atoms in total. The lowest BCUT2D eigenvalue weighted by atomic mass is 10.00. The highest BCUT2D eigenvalue weighted by Gasteiger charge is 2.38. The third-order valence-electron chi connectivity index (χ3n) is 3.21. The van der Waals surface area contributed by atoms with Gasteiger partial charge in [-0.3, -0.25) is 0 Å². The number of aryl methyl sites for hydroxylation is 1. The summed E-state index contributed by atoms with van der Waals surface area (Å²) in [4.78, 5) is 3.32. The standard InChI is InChI=1S/C14H8F6N4/c1-7-6-9(8-4-2-3-5-10(8)13(15,16)17)11-21-12(14(18,19)20)23-24(11)22-7/h2-6H,1H3. The molecule has 0 fully saturated rings. The molecule has 2 heterocycles. The van der Waals surface area contributed by atoms with Gasteiger partial charge in [0.2, 0.25) is 0 Å². The first kappa shape index (κ1) is 16.2. The minimum absolute atomic E-state index is 0.126. The highest BCUT2D eigenvalue weighted by Crippen LogP contribution is 2.38. The van der Waals surface area contributed by atoms with Gasteiger partial charge in [0, 0.05) is 5.56 Å². The predicted molar refractivity (Wildman–Crippen MR) is 71.0 cm³/mol. The molecule has 126 valence electrons. The molecule has 0 unspecified atom stereocenters. The monoisotopic (exact) mass is 346 g/mol. The molecule has 3 rings (SSSR count). The van der Waals surface area contributed by atoms with Gasteiger partial charge in [0.15, 0.2) is 5.65 Å². The molecule has 0 radical (unpaired) electrons. The first-order valence-corrected chi connectivity index (χ1v) is 6.56. The Balaban J connectivity index is 2.34. The Morgan fingerprint density at radius 1 is 0.875 bits per heavy atom. The van der Waals surface area contributed by atoms with Crippen LogP contribution < -0.4 is 0 Å². The summed E-state index contributed by atoms with van der Waals surface area (Å²) in [6.07, 6.45) is -9.50. The van der Waals surface area contributed by atoms with Crippen LogP contribution in [0.25, 0.3) is 16.8 Å². The third-order valence-corrected chi connectivity index (χ3v) is 3.21. The maximum atomic E-state index is 13.2. The molecule has 0 amide bonds. The molecule has 2 aromatic heterocycles. The Labute approximate surface area is 130 Å². The van der Waals surface area contributed by atoms with Crippen molar-refractivity contribution < 1.29 is 26.3 Å². The SMILES string of the molecule is Cc1cc(-c2ccccc2C(F)(F)F)c2nc(C(F)(F)F)nn2n1.